The monoisotopic (exact) mass is 280 g/mol. The molecule has 1 aliphatic heterocycles. The average molecular weight is 280 g/mol. The highest BCUT2D eigenvalue weighted by atomic mass is 15.3. The molecule has 2 nitrogen and oxygen atoms in total. The minimum absolute atomic E-state index is 0.750. The molecule has 1 saturated carbocycles. The predicted octanol–water partition coefficient (Wildman–Crippen LogP) is 3.56. The summed E-state index contributed by atoms with van der Waals surface area (Å²) in [7, 11) is 0. The molecule has 2 aromatic rings. The van der Waals surface area contributed by atoms with E-state index >= 15 is 0 Å². The molecule has 4 rings (SSSR count). The van der Waals surface area contributed by atoms with E-state index in [9.17, 15) is 0 Å². The van der Waals surface area contributed by atoms with E-state index in [0.717, 1.165) is 18.6 Å². The van der Waals surface area contributed by atoms with Crippen LogP contribution in [0.4, 0.5) is 0 Å². The van der Waals surface area contributed by atoms with Crippen molar-refractivity contribution < 1.29 is 0 Å². The van der Waals surface area contributed by atoms with Gasteiger partial charge >= 0.3 is 0 Å². The van der Waals surface area contributed by atoms with E-state index in [4.69, 9.17) is 0 Å². The Bertz CT molecular complexity index is 612. The molecule has 0 aromatic heterocycles. The Morgan fingerprint density at radius 1 is 0.905 bits per heavy atom. The van der Waals surface area contributed by atoms with Gasteiger partial charge in [0.15, 0.2) is 0 Å². The fourth-order valence-electron chi connectivity index (χ4n) is 3.85. The van der Waals surface area contributed by atoms with Gasteiger partial charge in [0.05, 0.1) is 0 Å². The number of benzene rings is 2. The van der Waals surface area contributed by atoms with Crippen LogP contribution in [-0.2, 0) is 6.54 Å². The highest BCUT2D eigenvalue weighted by Crippen LogP contribution is 2.28. The zero-order valence-electron chi connectivity index (χ0n) is 12.6. The molecule has 1 heterocycles. The minimum atomic E-state index is 0.750. The summed E-state index contributed by atoms with van der Waals surface area (Å²) in [6.07, 6.45) is 5.62. The van der Waals surface area contributed by atoms with Gasteiger partial charge in [-0.15, -0.1) is 0 Å². The highest BCUT2D eigenvalue weighted by Gasteiger charge is 2.31. The largest absolute Gasteiger partial charge is 0.314 e. The van der Waals surface area contributed by atoms with Crippen LogP contribution in [0, 0.1) is 0 Å². The molecule has 0 amide bonds. The van der Waals surface area contributed by atoms with E-state index in [1.807, 2.05) is 0 Å². The third-order valence-electron chi connectivity index (χ3n) is 5.20. The number of nitrogens with one attached hydrogen (secondary N) is 1. The zero-order chi connectivity index (χ0) is 14.1. The summed E-state index contributed by atoms with van der Waals surface area (Å²) >= 11 is 0. The maximum Gasteiger partial charge on any atom is 0.0351 e. The average Bonchev–Trinajstić information content (AvgIpc) is 2.98. The van der Waals surface area contributed by atoms with Gasteiger partial charge in [0.25, 0.3) is 0 Å². The van der Waals surface area contributed by atoms with Crippen LogP contribution in [0.3, 0.4) is 0 Å². The maximum atomic E-state index is 3.44. The van der Waals surface area contributed by atoms with Gasteiger partial charge in [0, 0.05) is 31.7 Å². The van der Waals surface area contributed by atoms with Crippen LogP contribution in [-0.4, -0.2) is 30.1 Å². The number of hydrogen-bond donors (Lipinski definition) is 1. The molecule has 0 atom stereocenters. The fourth-order valence-corrected chi connectivity index (χ4v) is 3.85. The quantitative estimate of drug-likeness (QED) is 0.921. The first-order valence-corrected chi connectivity index (χ1v) is 8.34. The third kappa shape index (κ3) is 2.70. The SMILES string of the molecule is c1ccc2cc(CN(C3CCCC3)C3CNC3)ccc2c1. The second kappa shape index (κ2) is 5.78. The molecular formula is C19H24N2. The topological polar surface area (TPSA) is 15.3 Å². The Kier molecular flexibility index (Phi) is 3.66. The van der Waals surface area contributed by atoms with Crippen molar-refractivity contribution in [3.63, 3.8) is 0 Å². The normalized spacial score (nSPS) is 20.2. The summed E-state index contributed by atoms with van der Waals surface area (Å²) < 4.78 is 0. The Labute approximate surface area is 127 Å². The Hall–Kier alpha value is -1.38. The first-order chi connectivity index (χ1) is 10.4. The van der Waals surface area contributed by atoms with Gasteiger partial charge in [-0.25, -0.2) is 0 Å². The smallest absolute Gasteiger partial charge is 0.0351 e. The first kappa shape index (κ1) is 13.3. The first-order valence-electron chi connectivity index (χ1n) is 8.34. The summed E-state index contributed by atoms with van der Waals surface area (Å²) in [5, 5.41) is 6.15. The van der Waals surface area contributed by atoms with Crippen molar-refractivity contribution in [2.75, 3.05) is 13.1 Å². The standard InChI is InChI=1S/C19H24N2/c1-2-6-17-11-15(9-10-16(17)5-1)14-21(19-12-20-13-19)18-7-3-4-8-18/h1-2,5-6,9-11,18-20H,3-4,7-8,12-14H2. The van der Waals surface area contributed by atoms with Gasteiger partial charge in [-0.3, -0.25) is 4.90 Å². The number of hydrogen-bond acceptors (Lipinski definition) is 2. The lowest BCUT2D eigenvalue weighted by molar-refractivity contribution is 0.0888. The van der Waals surface area contributed by atoms with Crippen molar-refractivity contribution in [1.82, 2.24) is 10.2 Å². The molecule has 1 saturated heterocycles. The van der Waals surface area contributed by atoms with Crippen molar-refractivity contribution in [2.24, 2.45) is 0 Å². The molecule has 1 N–H and O–H groups in total. The second-order valence-corrected chi connectivity index (χ2v) is 6.60. The van der Waals surface area contributed by atoms with Gasteiger partial charge in [-0.05, 0) is 35.2 Å². The van der Waals surface area contributed by atoms with Crippen LogP contribution in [0.1, 0.15) is 31.2 Å². The number of rotatable bonds is 4. The van der Waals surface area contributed by atoms with Crippen molar-refractivity contribution >= 4 is 10.8 Å². The Balaban J connectivity index is 1.57. The minimum Gasteiger partial charge on any atom is -0.314 e. The molecule has 110 valence electrons. The van der Waals surface area contributed by atoms with Crippen LogP contribution in [0.25, 0.3) is 10.8 Å². The van der Waals surface area contributed by atoms with Gasteiger partial charge in [-0.2, -0.15) is 0 Å². The summed E-state index contributed by atoms with van der Waals surface area (Å²) in [4.78, 5) is 2.77. The maximum absolute atomic E-state index is 3.44. The molecule has 2 heteroatoms. The summed E-state index contributed by atoms with van der Waals surface area (Å²) in [5.41, 5.74) is 1.47. The van der Waals surface area contributed by atoms with E-state index in [2.05, 4.69) is 52.7 Å². The van der Waals surface area contributed by atoms with E-state index in [-0.39, 0.29) is 0 Å². The van der Waals surface area contributed by atoms with E-state index in [1.165, 1.54) is 55.1 Å². The molecule has 0 radical (unpaired) electrons. The lowest BCUT2D eigenvalue weighted by Crippen LogP contribution is -2.59. The van der Waals surface area contributed by atoms with Crippen molar-refractivity contribution in [3.05, 3.63) is 48.0 Å². The molecule has 0 bridgehead atoms. The number of fused-ring (bicyclic) bond motifs is 1. The lowest BCUT2D eigenvalue weighted by Gasteiger charge is -2.42. The van der Waals surface area contributed by atoms with Crippen LogP contribution in [0.15, 0.2) is 42.5 Å². The molecule has 0 unspecified atom stereocenters. The predicted molar refractivity (Wildman–Crippen MR) is 88.4 cm³/mol. The molecule has 0 spiro atoms. The fraction of sp³-hybridized carbons (Fsp3) is 0.474. The van der Waals surface area contributed by atoms with E-state index < -0.39 is 0 Å². The molecule has 2 fully saturated rings. The Morgan fingerprint density at radius 2 is 1.67 bits per heavy atom. The summed E-state index contributed by atoms with van der Waals surface area (Å²) in [6, 6.07) is 17.2. The van der Waals surface area contributed by atoms with Gasteiger partial charge in [0.2, 0.25) is 0 Å². The van der Waals surface area contributed by atoms with Crippen molar-refractivity contribution in [2.45, 2.75) is 44.3 Å². The summed E-state index contributed by atoms with van der Waals surface area (Å²) in [5.74, 6) is 0. The third-order valence-corrected chi connectivity index (χ3v) is 5.20. The van der Waals surface area contributed by atoms with Gasteiger partial charge in [-0.1, -0.05) is 49.2 Å². The zero-order valence-corrected chi connectivity index (χ0v) is 12.6. The summed E-state index contributed by atoms with van der Waals surface area (Å²) in [6.45, 7) is 3.45. The molecule has 2 aliphatic rings. The number of nitrogens with zero attached hydrogens (tertiary/aromatic N) is 1. The van der Waals surface area contributed by atoms with Crippen LogP contribution >= 0.6 is 0 Å². The molecule has 2 aromatic carbocycles. The molecular weight excluding hydrogens is 256 g/mol. The van der Waals surface area contributed by atoms with Crippen molar-refractivity contribution in [1.29, 1.82) is 0 Å². The molecule has 21 heavy (non-hydrogen) atoms. The Morgan fingerprint density at radius 3 is 2.38 bits per heavy atom. The van der Waals surface area contributed by atoms with Crippen molar-refractivity contribution in [3.8, 4) is 0 Å². The van der Waals surface area contributed by atoms with Gasteiger partial charge < -0.3 is 5.32 Å². The second-order valence-electron chi connectivity index (χ2n) is 6.60. The van der Waals surface area contributed by atoms with E-state index in [1.54, 1.807) is 0 Å². The highest BCUT2D eigenvalue weighted by molar-refractivity contribution is 5.82. The van der Waals surface area contributed by atoms with Crippen LogP contribution in [0.5, 0.6) is 0 Å². The van der Waals surface area contributed by atoms with Crippen LogP contribution < -0.4 is 5.32 Å². The lowest BCUT2D eigenvalue weighted by atomic mass is 10.0. The van der Waals surface area contributed by atoms with E-state index in [0.29, 0.717) is 0 Å². The molecule has 1 aliphatic carbocycles. The van der Waals surface area contributed by atoms with Gasteiger partial charge in [0.1, 0.15) is 0 Å². The van der Waals surface area contributed by atoms with Crippen LogP contribution in [0.2, 0.25) is 0 Å².